The van der Waals surface area contributed by atoms with Crippen LogP contribution in [-0.2, 0) is 11.3 Å². The van der Waals surface area contributed by atoms with Crippen LogP contribution in [0.2, 0.25) is 0 Å². The maximum atomic E-state index is 10.9. The van der Waals surface area contributed by atoms with Gasteiger partial charge in [-0.15, -0.1) is 0 Å². The SMILES string of the molecule is CC(=O)CCCCn1ccc2c(C#N)cccc21. The Hall–Kier alpha value is -2.08. The van der Waals surface area contributed by atoms with Crippen LogP contribution in [0.4, 0.5) is 0 Å². The number of aromatic nitrogens is 1. The summed E-state index contributed by atoms with van der Waals surface area (Å²) < 4.78 is 2.15. The Kier molecular flexibility index (Phi) is 3.78. The molecule has 0 aliphatic heterocycles. The average molecular weight is 240 g/mol. The van der Waals surface area contributed by atoms with Crippen molar-refractivity contribution in [2.24, 2.45) is 0 Å². The summed E-state index contributed by atoms with van der Waals surface area (Å²) in [5.41, 5.74) is 1.81. The van der Waals surface area contributed by atoms with Crippen LogP contribution in [0.25, 0.3) is 10.9 Å². The van der Waals surface area contributed by atoms with Gasteiger partial charge >= 0.3 is 0 Å². The number of unbranched alkanes of at least 4 members (excludes halogenated alkanes) is 1. The summed E-state index contributed by atoms with van der Waals surface area (Å²) in [5, 5.41) is 10.0. The fraction of sp³-hybridized carbons (Fsp3) is 0.333. The molecular formula is C15H16N2O. The summed E-state index contributed by atoms with van der Waals surface area (Å²) in [6.45, 7) is 2.52. The molecule has 1 heterocycles. The lowest BCUT2D eigenvalue weighted by Crippen LogP contribution is -1.97. The highest BCUT2D eigenvalue weighted by molar-refractivity contribution is 5.85. The summed E-state index contributed by atoms with van der Waals surface area (Å²) in [4.78, 5) is 10.9. The largest absolute Gasteiger partial charge is 0.347 e. The van der Waals surface area contributed by atoms with Gasteiger partial charge in [0.25, 0.3) is 0 Å². The Labute approximate surface area is 107 Å². The van der Waals surface area contributed by atoms with E-state index in [2.05, 4.69) is 10.6 Å². The molecule has 0 aliphatic carbocycles. The molecular weight excluding hydrogens is 224 g/mol. The fourth-order valence-electron chi connectivity index (χ4n) is 2.17. The molecule has 1 aromatic carbocycles. The molecule has 0 unspecified atom stereocenters. The Morgan fingerprint density at radius 3 is 2.89 bits per heavy atom. The number of fused-ring (bicyclic) bond motifs is 1. The second-order valence-electron chi connectivity index (χ2n) is 4.52. The molecule has 92 valence electrons. The van der Waals surface area contributed by atoms with Crippen LogP contribution in [0.3, 0.4) is 0 Å². The summed E-state index contributed by atoms with van der Waals surface area (Å²) in [6, 6.07) is 9.97. The molecule has 0 fully saturated rings. The third-order valence-corrected chi connectivity index (χ3v) is 3.11. The molecule has 0 saturated heterocycles. The van der Waals surface area contributed by atoms with Crippen molar-refractivity contribution in [3.63, 3.8) is 0 Å². The van der Waals surface area contributed by atoms with E-state index in [4.69, 9.17) is 5.26 Å². The first kappa shape index (κ1) is 12.4. The Bertz CT molecular complexity index is 604. The first-order valence-electron chi connectivity index (χ1n) is 6.20. The van der Waals surface area contributed by atoms with Crippen LogP contribution in [0, 0.1) is 11.3 Å². The molecule has 3 heteroatoms. The lowest BCUT2D eigenvalue weighted by atomic mass is 10.1. The molecule has 0 bridgehead atoms. The normalized spacial score (nSPS) is 10.4. The van der Waals surface area contributed by atoms with E-state index in [1.165, 1.54) is 0 Å². The van der Waals surface area contributed by atoms with Crippen LogP contribution >= 0.6 is 0 Å². The highest BCUT2D eigenvalue weighted by atomic mass is 16.1. The molecule has 18 heavy (non-hydrogen) atoms. The van der Waals surface area contributed by atoms with Gasteiger partial charge in [-0.2, -0.15) is 5.26 Å². The lowest BCUT2D eigenvalue weighted by Gasteiger charge is -2.05. The predicted octanol–water partition coefficient (Wildman–Crippen LogP) is 3.27. The van der Waals surface area contributed by atoms with Crippen molar-refractivity contribution in [2.45, 2.75) is 32.7 Å². The third-order valence-electron chi connectivity index (χ3n) is 3.11. The molecule has 0 saturated carbocycles. The summed E-state index contributed by atoms with van der Waals surface area (Å²) in [6.07, 6.45) is 4.58. The molecule has 0 atom stereocenters. The summed E-state index contributed by atoms with van der Waals surface area (Å²) in [7, 11) is 0. The van der Waals surface area contributed by atoms with Gasteiger partial charge in [0.2, 0.25) is 0 Å². The molecule has 2 rings (SSSR count). The van der Waals surface area contributed by atoms with E-state index in [0.717, 1.165) is 35.9 Å². The minimum atomic E-state index is 0.249. The van der Waals surface area contributed by atoms with Gasteiger partial charge in [0.05, 0.1) is 11.6 Å². The van der Waals surface area contributed by atoms with Gasteiger partial charge in [0.1, 0.15) is 5.78 Å². The number of Topliss-reactive ketones (excluding diaryl/α,β-unsaturated/α-hetero) is 1. The lowest BCUT2D eigenvalue weighted by molar-refractivity contribution is -0.117. The molecule has 2 aromatic rings. The van der Waals surface area contributed by atoms with Crippen molar-refractivity contribution in [1.29, 1.82) is 5.26 Å². The van der Waals surface area contributed by atoms with Gasteiger partial charge in [-0.05, 0) is 38.0 Å². The van der Waals surface area contributed by atoms with Crippen molar-refractivity contribution in [3.05, 3.63) is 36.0 Å². The third kappa shape index (κ3) is 2.60. The fourth-order valence-corrected chi connectivity index (χ4v) is 2.17. The van der Waals surface area contributed by atoms with Crippen molar-refractivity contribution in [3.8, 4) is 6.07 Å². The number of benzene rings is 1. The van der Waals surface area contributed by atoms with Gasteiger partial charge in [-0.1, -0.05) is 6.07 Å². The van der Waals surface area contributed by atoms with Crippen molar-refractivity contribution in [1.82, 2.24) is 4.57 Å². The van der Waals surface area contributed by atoms with Gasteiger partial charge < -0.3 is 9.36 Å². The van der Waals surface area contributed by atoms with Gasteiger partial charge in [-0.25, -0.2) is 0 Å². The topological polar surface area (TPSA) is 45.8 Å². The second kappa shape index (κ2) is 5.50. The van der Waals surface area contributed by atoms with Crippen LogP contribution in [0.15, 0.2) is 30.5 Å². The Morgan fingerprint density at radius 1 is 1.33 bits per heavy atom. The minimum absolute atomic E-state index is 0.249. The van der Waals surface area contributed by atoms with E-state index in [0.29, 0.717) is 6.42 Å². The molecule has 1 aromatic heterocycles. The van der Waals surface area contributed by atoms with E-state index >= 15 is 0 Å². The first-order chi connectivity index (χ1) is 8.72. The number of aryl methyl sites for hydroxylation is 1. The zero-order chi connectivity index (χ0) is 13.0. The number of nitrogens with zero attached hydrogens (tertiary/aromatic N) is 2. The highest BCUT2D eigenvalue weighted by Crippen LogP contribution is 2.20. The highest BCUT2D eigenvalue weighted by Gasteiger charge is 2.04. The number of rotatable bonds is 5. The average Bonchev–Trinajstić information content (AvgIpc) is 2.77. The Morgan fingerprint density at radius 2 is 2.17 bits per heavy atom. The van der Waals surface area contributed by atoms with Gasteiger partial charge in [0.15, 0.2) is 0 Å². The van der Waals surface area contributed by atoms with Gasteiger partial charge in [-0.3, -0.25) is 0 Å². The number of hydrogen-bond donors (Lipinski definition) is 0. The molecule has 0 aliphatic rings. The molecule has 0 amide bonds. The van der Waals surface area contributed by atoms with Crippen LogP contribution in [0.5, 0.6) is 0 Å². The number of nitriles is 1. The number of carbonyl (C=O) groups is 1. The van der Waals surface area contributed by atoms with Crippen LogP contribution < -0.4 is 0 Å². The van der Waals surface area contributed by atoms with E-state index < -0.39 is 0 Å². The van der Waals surface area contributed by atoms with Crippen molar-refractivity contribution >= 4 is 16.7 Å². The first-order valence-corrected chi connectivity index (χ1v) is 6.20. The number of carbonyl (C=O) groups excluding carboxylic acids is 1. The summed E-state index contributed by atoms with van der Waals surface area (Å²) in [5.74, 6) is 0.249. The quantitative estimate of drug-likeness (QED) is 0.753. The van der Waals surface area contributed by atoms with E-state index in [-0.39, 0.29) is 5.78 Å². The van der Waals surface area contributed by atoms with E-state index in [9.17, 15) is 4.79 Å². The standard InChI is InChI=1S/C15H16N2O/c1-12(18)5-2-3-9-17-10-8-14-13(11-16)6-4-7-15(14)17/h4,6-8,10H,2-3,5,9H2,1H3. The number of ketones is 1. The van der Waals surface area contributed by atoms with Crippen molar-refractivity contribution in [2.75, 3.05) is 0 Å². The monoisotopic (exact) mass is 240 g/mol. The zero-order valence-corrected chi connectivity index (χ0v) is 10.5. The molecule has 0 N–H and O–H groups in total. The minimum Gasteiger partial charge on any atom is -0.347 e. The van der Waals surface area contributed by atoms with Crippen LogP contribution in [0.1, 0.15) is 31.7 Å². The number of hydrogen-bond acceptors (Lipinski definition) is 2. The maximum absolute atomic E-state index is 10.9. The summed E-state index contributed by atoms with van der Waals surface area (Å²) >= 11 is 0. The molecule has 0 spiro atoms. The van der Waals surface area contributed by atoms with E-state index in [1.54, 1.807) is 6.92 Å². The maximum Gasteiger partial charge on any atom is 0.129 e. The second-order valence-corrected chi connectivity index (χ2v) is 4.52. The molecule has 0 radical (unpaired) electrons. The van der Waals surface area contributed by atoms with Crippen molar-refractivity contribution < 1.29 is 4.79 Å². The van der Waals surface area contributed by atoms with Gasteiger partial charge in [0, 0.05) is 30.1 Å². The predicted molar refractivity (Wildman–Crippen MR) is 71.2 cm³/mol. The smallest absolute Gasteiger partial charge is 0.129 e. The van der Waals surface area contributed by atoms with E-state index in [1.807, 2.05) is 30.5 Å². The Balaban J connectivity index is 2.11. The van der Waals surface area contributed by atoms with Crippen LogP contribution in [-0.4, -0.2) is 10.4 Å². The molecule has 3 nitrogen and oxygen atoms in total. The zero-order valence-electron chi connectivity index (χ0n) is 10.5.